The van der Waals surface area contributed by atoms with Crippen molar-refractivity contribution in [2.75, 3.05) is 10.6 Å². The van der Waals surface area contributed by atoms with Crippen LogP contribution in [0.4, 0.5) is 30.5 Å². The number of aryl methyl sites for hydroxylation is 2. The van der Waals surface area contributed by atoms with Gasteiger partial charge < -0.3 is 15.2 Å². The number of amides is 1. The number of anilines is 3. The Labute approximate surface area is 221 Å². The molecule has 1 aliphatic rings. The van der Waals surface area contributed by atoms with Crippen molar-refractivity contribution in [3.05, 3.63) is 101 Å². The largest absolute Gasteiger partial charge is 0.416 e. The second kappa shape index (κ2) is 10.3. The highest BCUT2D eigenvalue weighted by Gasteiger charge is 2.31. The first-order chi connectivity index (χ1) is 18.7. The number of nitrogens with zero attached hydrogens (tertiary/aromatic N) is 5. The highest BCUT2D eigenvalue weighted by atomic mass is 19.4. The summed E-state index contributed by atoms with van der Waals surface area (Å²) in [5.41, 5.74) is 2.88. The molecule has 1 amide bonds. The molecule has 0 spiro atoms. The molecule has 0 bridgehead atoms. The Hall–Kier alpha value is -5.24. The lowest BCUT2D eigenvalue weighted by Crippen LogP contribution is -2.14. The van der Waals surface area contributed by atoms with Crippen LogP contribution in [0.1, 0.15) is 32.9 Å². The van der Waals surface area contributed by atoms with E-state index < -0.39 is 17.6 Å². The maximum Gasteiger partial charge on any atom is 0.416 e. The number of carbonyl (C=O) groups is 1. The summed E-state index contributed by atoms with van der Waals surface area (Å²) < 4.78 is 46.3. The van der Waals surface area contributed by atoms with Crippen molar-refractivity contribution in [3.8, 4) is 5.69 Å². The lowest BCUT2D eigenvalue weighted by molar-refractivity contribution is -0.137. The quantitative estimate of drug-likeness (QED) is 0.341. The fourth-order valence-corrected chi connectivity index (χ4v) is 3.82. The van der Waals surface area contributed by atoms with E-state index in [1.807, 2.05) is 13.0 Å². The Bertz CT molecular complexity index is 1720. The van der Waals surface area contributed by atoms with E-state index in [-0.39, 0.29) is 16.9 Å². The number of benzene rings is 2. The van der Waals surface area contributed by atoms with Crippen LogP contribution in [0.3, 0.4) is 0 Å². The SMILES string of the molecule is Cc1cn(-c2cc(NC(=O)c3ccc(C)c(Nc4nccc(C5=C=[N+]=CC=C5)n4)c3)cc(C(F)(F)F)c2)cn1. The van der Waals surface area contributed by atoms with Gasteiger partial charge >= 0.3 is 18.3 Å². The molecule has 1 aliphatic heterocycles. The molecule has 11 heteroatoms. The van der Waals surface area contributed by atoms with Crippen molar-refractivity contribution in [3.63, 3.8) is 0 Å². The molecule has 0 unspecified atom stereocenters. The number of hydrogen-bond acceptors (Lipinski definition) is 5. The van der Waals surface area contributed by atoms with Gasteiger partial charge in [0.25, 0.3) is 5.91 Å². The molecule has 194 valence electrons. The average molecular weight is 529 g/mol. The van der Waals surface area contributed by atoms with Gasteiger partial charge in [-0.1, -0.05) is 6.07 Å². The molecule has 2 aromatic heterocycles. The summed E-state index contributed by atoms with van der Waals surface area (Å²) in [6, 6.07) is 9.98. The predicted octanol–water partition coefficient (Wildman–Crippen LogP) is 5.05. The maximum absolute atomic E-state index is 13.6. The Morgan fingerprint density at radius 1 is 1.08 bits per heavy atom. The van der Waals surface area contributed by atoms with E-state index in [1.54, 1.807) is 55.9 Å². The van der Waals surface area contributed by atoms with Crippen LogP contribution in [-0.4, -0.2) is 37.5 Å². The minimum atomic E-state index is -4.60. The molecule has 4 aromatic rings. The lowest BCUT2D eigenvalue weighted by atomic mass is 10.1. The van der Waals surface area contributed by atoms with E-state index in [0.717, 1.165) is 17.7 Å². The summed E-state index contributed by atoms with van der Waals surface area (Å²) in [6.45, 7) is 3.57. The molecule has 0 aliphatic carbocycles. The molecule has 8 nitrogen and oxygen atoms in total. The minimum absolute atomic E-state index is 0.00461. The molecule has 0 saturated heterocycles. The highest BCUT2D eigenvalue weighted by molar-refractivity contribution is 6.05. The smallest absolute Gasteiger partial charge is 0.324 e. The van der Waals surface area contributed by atoms with Crippen molar-refractivity contribution in [1.82, 2.24) is 24.2 Å². The van der Waals surface area contributed by atoms with E-state index >= 15 is 0 Å². The van der Waals surface area contributed by atoms with Gasteiger partial charge in [0.2, 0.25) is 5.95 Å². The van der Waals surface area contributed by atoms with E-state index in [0.29, 0.717) is 28.6 Å². The second-order valence-electron chi connectivity index (χ2n) is 8.73. The van der Waals surface area contributed by atoms with Crippen LogP contribution in [0.15, 0.2) is 73.3 Å². The first-order valence-corrected chi connectivity index (χ1v) is 11.7. The third-order valence-electron chi connectivity index (χ3n) is 5.80. The van der Waals surface area contributed by atoms with Crippen molar-refractivity contribution in [2.24, 2.45) is 0 Å². The van der Waals surface area contributed by atoms with Gasteiger partial charge in [0, 0.05) is 41.1 Å². The fourth-order valence-electron chi connectivity index (χ4n) is 3.82. The number of nitrogens with one attached hydrogen (secondary N) is 2. The third-order valence-corrected chi connectivity index (χ3v) is 5.80. The molecule has 0 fully saturated rings. The zero-order valence-electron chi connectivity index (χ0n) is 20.8. The highest BCUT2D eigenvalue weighted by Crippen LogP contribution is 2.33. The molecule has 0 saturated carbocycles. The molecule has 3 heterocycles. The van der Waals surface area contributed by atoms with Crippen LogP contribution in [0.2, 0.25) is 0 Å². The second-order valence-corrected chi connectivity index (χ2v) is 8.73. The number of carbonyl (C=O) groups excluding carboxylic acids is 1. The van der Waals surface area contributed by atoms with Gasteiger partial charge in [-0.2, -0.15) is 13.2 Å². The summed E-state index contributed by atoms with van der Waals surface area (Å²) in [5, 5.41) is 5.69. The number of allylic oxidation sites excluding steroid dienone is 3. The van der Waals surface area contributed by atoms with Crippen molar-refractivity contribution >= 4 is 40.9 Å². The summed E-state index contributed by atoms with van der Waals surface area (Å²) in [6.07, 6.45) is 5.21. The normalized spacial score (nSPS) is 12.4. The molecule has 39 heavy (non-hydrogen) atoms. The Morgan fingerprint density at radius 2 is 1.92 bits per heavy atom. The van der Waals surface area contributed by atoms with Crippen LogP contribution < -0.4 is 15.3 Å². The topological polar surface area (TPSA) is 98.8 Å². The van der Waals surface area contributed by atoms with Crippen LogP contribution in [0.25, 0.3) is 11.3 Å². The van der Waals surface area contributed by atoms with Gasteiger partial charge in [-0.05, 0) is 66.6 Å². The first kappa shape index (κ1) is 25.4. The average Bonchev–Trinajstić information content (AvgIpc) is 3.36. The van der Waals surface area contributed by atoms with Gasteiger partial charge in [-0.15, -0.1) is 0 Å². The van der Waals surface area contributed by atoms with Crippen LogP contribution in [0.5, 0.6) is 0 Å². The standard InChI is InChI=1S/C28H20F3N7O/c1-17-5-6-19(10-25(17)37-27-33-9-7-24(36-27)20-4-3-8-32-14-20)26(39)35-22-11-21(28(29,30)31)12-23(13-22)38-15-18(2)34-16-38/h3-13,15-16H,1-2H3,(H-,33,35,36,37,39)/p+1. The van der Waals surface area contributed by atoms with E-state index in [4.69, 9.17) is 0 Å². The zero-order valence-corrected chi connectivity index (χ0v) is 20.8. The van der Waals surface area contributed by atoms with Crippen molar-refractivity contribution < 1.29 is 18.0 Å². The van der Waals surface area contributed by atoms with Gasteiger partial charge in [-0.25, -0.2) is 15.0 Å². The van der Waals surface area contributed by atoms with Crippen molar-refractivity contribution in [1.29, 1.82) is 0 Å². The summed E-state index contributed by atoms with van der Waals surface area (Å²) in [7, 11) is 0. The Balaban J connectivity index is 1.41. The molecular formula is C28H21F3N7O+. The van der Waals surface area contributed by atoms with E-state index in [9.17, 15) is 18.0 Å². The van der Waals surface area contributed by atoms with Gasteiger partial charge in [0.1, 0.15) is 5.57 Å². The van der Waals surface area contributed by atoms with Gasteiger partial charge in [0.05, 0.1) is 23.3 Å². The van der Waals surface area contributed by atoms with Crippen LogP contribution in [0, 0.1) is 13.8 Å². The fraction of sp³-hybridized carbons (Fsp3) is 0.107. The van der Waals surface area contributed by atoms with Gasteiger partial charge in [-0.3, -0.25) is 4.79 Å². The number of aromatic nitrogens is 4. The number of halogens is 3. The van der Waals surface area contributed by atoms with Crippen LogP contribution in [-0.2, 0) is 6.18 Å². The lowest BCUT2D eigenvalue weighted by Gasteiger charge is -2.14. The number of hydrogen-bond donors (Lipinski definition) is 2. The van der Waals surface area contributed by atoms with E-state index in [1.165, 1.54) is 17.0 Å². The van der Waals surface area contributed by atoms with E-state index in [2.05, 4.69) is 36.1 Å². The van der Waals surface area contributed by atoms with Crippen LogP contribution >= 0.6 is 0 Å². The number of imidazole rings is 1. The molecular weight excluding hydrogens is 507 g/mol. The minimum Gasteiger partial charge on any atom is -0.324 e. The first-order valence-electron chi connectivity index (χ1n) is 11.7. The Kier molecular flexibility index (Phi) is 6.68. The molecule has 0 radical (unpaired) electrons. The molecule has 2 aromatic carbocycles. The maximum atomic E-state index is 13.6. The monoisotopic (exact) mass is 528 g/mol. The van der Waals surface area contributed by atoms with Crippen molar-refractivity contribution in [2.45, 2.75) is 20.0 Å². The molecule has 0 atom stereocenters. The summed E-state index contributed by atoms with van der Waals surface area (Å²) >= 11 is 0. The molecule has 2 N–H and O–H groups in total. The number of rotatable bonds is 6. The summed E-state index contributed by atoms with van der Waals surface area (Å²) in [4.78, 5) is 25.9. The number of alkyl halides is 3. The predicted molar refractivity (Wildman–Crippen MR) is 144 cm³/mol. The summed E-state index contributed by atoms with van der Waals surface area (Å²) in [5.74, 6) is 2.58. The van der Waals surface area contributed by atoms with Gasteiger partial charge in [0.15, 0.2) is 0 Å². The molecule has 5 rings (SSSR count). The third kappa shape index (κ3) is 5.86. The Morgan fingerprint density at radius 3 is 2.64 bits per heavy atom. The zero-order chi connectivity index (χ0) is 27.6.